The van der Waals surface area contributed by atoms with E-state index in [2.05, 4.69) is 0 Å². The van der Waals surface area contributed by atoms with Crippen molar-refractivity contribution < 1.29 is 14.4 Å². The number of fused-ring (bicyclic) bond motifs is 2. The second kappa shape index (κ2) is 4.70. The van der Waals surface area contributed by atoms with Crippen molar-refractivity contribution in [3.05, 3.63) is 28.8 Å². The summed E-state index contributed by atoms with van der Waals surface area (Å²) in [5.74, 6) is 5.54. The Bertz CT molecular complexity index is 548. The summed E-state index contributed by atoms with van der Waals surface area (Å²) >= 11 is 0. The SMILES string of the molecule is Cc1cc(ON)cc(C)c1C1C(=O)C2CCC(C2)C1=O. The predicted molar refractivity (Wildman–Crippen MR) is 74.3 cm³/mol. The topological polar surface area (TPSA) is 69.4 Å². The number of aryl methyl sites for hydroxylation is 2. The average Bonchev–Trinajstić information content (AvgIpc) is 2.86. The van der Waals surface area contributed by atoms with Crippen molar-refractivity contribution in [3.8, 4) is 5.75 Å². The maximum atomic E-state index is 12.6. The number of benzene rings is 1. The molecule has 2 unspecified atom stereocenters. The Morgan fingerprint density at radius 1 is 1.05 bits per heavy atom. The summed E-state index contributed by atoms with van der Waals surface area (Å²) in [5.41, 5.74) is 2.66. The normalized spacial score (nSPS) is 28.9. The molecule has 106 valence electrons. The van der Waals surface area contributed by atoms with E-state index in [1.165, 1.54) is 0 Å². The molecule has 2 fully saturated rings. The molecule has 2 aliphatic carbocycles. The molecule has 1 aromatic rings. The number of ketones is 2. The molecule has 2 atom stereocenters. The smallest absolute Gasteiger partial charge is 0.150 e. The van der Waals surface area contributed by atoms with Crippen LogP contribution in [0.1, 0.15) is 41.9 Å². The van der Waals surface area contributed by atoms with E-state index in [0.29, 0.717) is 5.75 Å². The largest absolute Gasteiger partial charge is 0.412 e. The summed E-state index contributed by atoms with van der Waals surface area (Å²) in [6, 6.07) is 3.58. The molecule has 0 heterocycles. The van der Waals surface area contributed by atoms with Crippen LogP contribution in [-0.4, -0.2) is 11.6 Å². The van der Waals surface area contributed by atoms with E-state index in [0.717, 1.165) is 36.0 Å². The van der Waals surface area contributed by atoms with E-state index in [9.17, 15) is 9.59 Å². The van der Waals surface area contributed by atoms with Crippen LogP contribution in [0.25, 0.3) is 0 Å². The van der Waals surface area contributed by atoms with Crippen LogP contribution >= 0.6 is 0 Å². The third kappa shape index (κ3) is 1.86. The Labute approximate surface area is 118 Å². The molecule has 0 spiro atoms. The molecule has 0 radical (unpaired) electrons. The molecular formula is C16H19NO3. The lowest BCUT2D eigenvalue weighted by atomic mass is 9.73. The van der Waals surface area contributed by atoms with E-state index in [-0.39, 0.29) is 23.4 Å². The highest BCUT2D eigenvalue weighted by atomic mass is 16.6. The molecule has 0 aliphatic heterocycles. The van der Waals surface area contributed by atoms with Gasteiger partial charge in [0, 0.05) is 11.8 Å². The number of hydrogen-bond donors (Lipinski definition) is 1. The highest BCUT2D eigenvalue weighted by Crippen LogP contribution is 2.45. The molecule has 3 rings (SSSR count). The van der Waals surface area contributed by atoms with Crippen LogP contribution in [-0.2, 0) is 9.59 Å². The summed E-state index contributed by atoms with van der Waals surface area (Å²) in [6.45, 7) is 3.81. The molecule has 0 aromatic heterocycles. The van der Waals surface area contributed by atoms with Gasteiger partial charge in [0.15, 0.2) is 11.6 Å². The van der Waals surface area contributed by atoms with Gasteiger partial charge in [0.05, 0.1) is 0 Å². The molecule has 0 amide bonds. The second-order valence-corrected chi connectivity index (χ2v) is 6.03. The van der Waals surface area contributed by atoms with E-state index < -0.39 is 5.92 Å². The van der Waals surface area contributed by atoms with Crippen molar-refractivity contribution in [2.24, 2.45) is 17.7 Å². The monoisotopic (exact) mass is 273 g/mol. The summed E-state index contributed by atoms with van der Waals surface area (Å²) in [4.78, 5) is 29.9. The molecule has 1 aromatic carbocycles. The highest BCUT2D eigenvalue weighted by Gasteiger charge is 2.48. The van der Waals surface area contributed by atoms with Gasteiger partial charge >= 0.3 is 0 Å². The van der Waals surface area contributed by atoms with Gasteiger partial charge in [-0.25, -0.2) is 0 Å². The van der Waals surface area contributed by atoms with Crippen LogP contribution in [0, 0.1) is 25.7 Å². The second-order valence-electron chi connectivity index (χ2n) is 6.03. The van der Waals surface area contributed by atoms with Crippen molar-refractivity contribution in [1.29, 1.82) is 0 Å². The fraction of sp³-hybridized carbons (Fsp3) is 0.500. The van der Waals surface area contributed by atoms with Crippen molar-refractivity contribution in [1.82, 2.24) is 0 Å². The Morgan fingerprint density at radius 3 is 2.00 bits per heavy atom. The first-order valence-electron chi connectivity index (χ1n) is 7.08. The van der Waals surface area contributed by atoms with Gasteiger partial charge in [-0.3, -0.25) is 9.59 Å². The zero-order valence-electron chi connectivity index (χ0n) is 11.8. The fourth-order valence-corrected chi connectivity index (χ4v) is 3.85. The number of carbonyl (C=O) groups excluding carboxylic acids is 2. The molecule has 4 nitrogen and oxygen atoms in total. The van der Waals surface area contributed by atoms with Crippen molar-refractivity contribution >= 4 is 11.6 Å². The molecule has 4 heteroatoms. The fourth-order valence-electron chi connectivity index (χ4n) is 3.85. The summed E-state index contributed by atoms with van der Waals surface area (Å²) in [6.07, 6.45) is 2.50. The Balaban J connectivity index is 2.08. The van der Waals surface area contributed by atoms with E-state index in [1.807, 2.05) is 13.8 Å². The summed E-state index contributed by atoms with van der Waals surface area (Å²) in [5, 5.41) is 0. The van der Waals surface area contributed by atoms with E-state index >= 15 is 0 Å². The van der Waals surface area contributed by atoms with Gasteiger partial charge in [-0.05, 0) is 61.9 Å². The third-order valence-electron chi connectivity index (χ3n) is 4.80. The van der Waals surface area contributed by atoms with Crippen LogP contribution < -0.4 is 10.7 Å². The van der Waals surface area contributed by atoms with Gasteiger partial charge < -0.3 is 4.84 Å². The maximum absolute atomic E-state index is 12.6. The van der Waals surface area contributed by atoms with Crippen LogP contribution in [0.15, 0.2) is 12.1 Å². The zero-order valence-corrected chi connectivity index (χ0v) is 11.8. The van der Waals surface area contributed by atoms with Gasteiger partial charge in [0.2, 0.25) is 0 Å². The van der Waals surface area contributed by atoms with Gasteiger partial charge in [0.1, 0.15) is 11.7 Å². The van der Waals surface area contributed by atoms with Crippen LogP contribution in [0.2, 0.25) is 0 Å². The molecule has 2 aliphatic rings. The minimum Gasteiger partial charge on any atom is -0.412 e. The Hall–Kier alpha value is -1.68. The zero-order chi connectivity index (χ0) is 14.4. The highest BCUT2D eigenvalue weighted by molar-refractivity contribution is 6.12. The van der Waals surface area contributed by atoms with Crippen molar-refractivity contribution in [2.75, 3.05) is 0 Å². The van der Waals surface area contributed by atoms with E-state index in [1.54, 1.807) is 12.1 Å². The molecule has 2 N–H and O–H groups in total. The van der Waals surface area contributed by atoms with Crippen LogP contribution in [0.3, 0.4) is 0 Å². The first-order chi connectivity index (χ1) is 9.52. The van der Waals surface area contributed by atoms with Crippen molar-refractivity contribution in [2.45, 2.75) is 39.0 Å². The van der Waals surface area contributed by atoms with E-state index in [4.69, 9.17) is 10.7 Å². The minimum absolute atomic E-state index is 0.0759. The quantitative estimate of drug-likeness (QED) is 0.662. The number of rotatable bonds is 2. The molecule has 0 saturated heterocycles. The first-order valence-corrected chi connectivity index (χ1v) is 7.08. The average molecular weight is 273 g/mol. The van der Waals surface area contributed by atoms with Gasteiger partial charge in [-0.1, -0.05) is 0 Å². The van der Waals surface area contributed by atoms with Gasteiger partial charge in [-0.15, -0.1) is 0 Å². The van der Waals surface area contributed by atoms with Crippen LogP contribution in [0.4, 0.5) is 0 Å². The van der Waals surface area contributed by atoms with Crippen molar-refractivity contribution in [3.63, 3.8) is 0 Å². The Kier molecular flexibility index (Phi) is 3.13. The maximum Gasteiger partial charge on any atom is 0.150 e. The molecular weight excluding hydrogens is 254 g/mol. The lowest BCUT2D eigenvalue weighted by molar-refractivity contribution is -0.135. The lowest BCUT2D eigenvalue weighted by Gasteiger charge is -2.28. The summed E-state index contributed by atoms with van der Waals surface area (Å²) < 4.78 is 0. The minimum atomic E-state index is -0.576. The van der Waals surface area contributed by atoms with Crippen LogP contribution in [0.5, 0.6) is 5.75 Å². The number of hydrogen-bond acceptors (Lipinski definition) is 4. The molecule has 2 saturated carbocycles. The first kappa shape index (κ1) is 13.3. The van der Waals surface area contributed by atoms with Gasteiger partial charge in [0.25, 0.3) is 0 Å². The third-order valence-corrected chi connectivity index (χ3v) is 4.80. The van der Waals surface area contributed by atoms with Gasteiger partial charge in [-0.2, -0.15) is 5.90 Å². The lowest BCUT2D eigenvalue weighted by Crippen LogP contribution is -2.35. The standard InChI is InChI=1S/C16H19NO3/c1-8-5-12(20-17)6-9(2)13(8)14-15(18)10-3-4-11(7-10)16(14)19/h5-6,10-11,14H,3-4,7,17H2,1-2H3. The number of carbonyl (C=O) groups is 2. The number of nitrogens with two attached hydrogens (primary N) is 1. The molecule has 2 bridgehead atoms. The number of Topliss-reactive ketones (excluding diaryl/α,β-unsaturated/α-hetero) is 2. The molecule has 20 heavy (non-hydrogen) atoms. The summed E-state index contributed by atoms with van der Waals surface area (Å²) in [7, 11) is 0. The predicted octanol–water partition coefficient (Wildman–Crippen LogP) is 2.21. The Morgan fingerprint density at radius 2 is 1.55 bits per heavy atom.